The zero-order valence-corrected chi connectivity index (χ0v) is 36.7. The van der Waals surface area contributed by atoms with Crippen LogP contribution in [-0.4, -0.2) is 104 Å². The summed E-state index contributed by atoms with van der Waals surface area (Å²) in [7, 11) is 8.67. The normalized spacial score (nSPS) is 51.1. The molecule has 8 N–H and O–H groups in total. The minimum absolute atomic E-state index is 0.0274. The van der Waals surface area contributed by atoms with Crippen LogP contribution in [0.2, 0.25) is 0 Å². The van der Waals surface area contributed by atoms with Gasteiger partial charge in [-0.1, -0.05) is 0 Å². The molecule has 4 saturated carbocycles. The van der Waals surface area contributed by atoms with Gasteiger partial charge in [0.15, 0.2) is 0 Å². The lowest BCUT2D eigenvalue weighted by Gasteiger charge is -2.38. The molecular weight excluding hydrogens is 894 g/mol. The monoisotopic (exact) mass is 944 g/mol. The van der Waals surface area contributed by atoms with E-state index in [9.17, 15) is 33.7 Å². The van der Waals surface area contributed by atoms with Crippen molar-refractivity contribution in [1.29, 1.82) is 0 Å². The van der Waals surface area contributed by atoms with Gasteiger partial charge in [0.2, 0.25) is 36.2 Å². The van der Waals surface area contributed by atoms with Crippen LogP contribution in [0.1, 0.15) is 77.0 Å². The second kappa shape index (κ2) is 15.2. The lowest BCUT2D eigenvalue weighted by Crippen LogP contribution is -2.61. The number of fused-ring (bicyclic) bond motifs is 20. The molecular formula is C32H52Cl4N8O8S4. The van der Waals surface area contributed by atoms with E-state index >= 15 is 0 Å². The first-order chi connectivity index (χ1) is 26.2. The van der Waals surface area contributed by atoms with Gasteiger partial charge in [-0.05, 0) is 124 Å². The molecule has 5 aliphatic heterocycles. The Morgan fingerprint density at radius 2 is 0.429 bits per heavy atom. The number of halogens is 4. The molecule has 0 spiro atoms. The van der Waals surface area contributed by atoms with Crippen molar-refractivity contribution in [2.24, 2.45) is 47.3 Å². The highest BCUT2D eigenvalue weighted by molar-refractivity contribution is 8.15. The summed E-state index contributed by atoms with van der Waals surface area (Å²) in [5.41, 5.74) is 0. The fourth-order valence-corrected chi connectivity index (χ4v) is 18.3. The summed E-state index contributed by atoms with van der Waals surface area (Å²) >= 11 is 0. The maximum absolute atomic E-state index is 12.7. The molecule has 0 aromatic heterocycles. The van der Waals surface area contributed by atoms with Crippen molar-refractivity contribution in [2.45, 2.75) is 147 Å². The second-order valence-electron chi connectivity index (χ2n) is 18.1. The van der Waals surface area contributed by atoms with Crippen LogP contribution in [0.3, 0.4) is 0 Å². The third-order valence-electron chi connectivity index (χ3n) is 15.5. The zero-order chi connectivity index (χ0) is 39.7. The summed E-state index contributed by atoms with van der Waals surface area (Å²) in [5.74, 6) is -0.325. The van der Waals surface area contributed by atoms with Gasteiger partial charge >= 0.3 is 0 Å². The van der Waals surface area contributed by atoms with Gasteiger partial charge < -0.3 is 0 Å². The Balaban J connectivity index is 1.08. The molecule has 9 aliphatic rings. The molecule has 12 atom stereocenters. The summed E-state index contributed by atoms with van der Waals surface area (Å²) in [6.07, 6.45) is 3.25. The summed E-state index contributed by atoms with van der Waals surface area (Å²) in [4.78, 5) is 0. The first-order valence-electron chi connectivity index (χ1n) is 20.0. The van der Waals surface area contributed by atoms with Crippen molar-refractivity contribution >= 4 is 78.9 Å². The van der Waals surface area contributed by atoms with E-state index in [1.54, 1.807) is 0 Å². The Morgan fingerprint density at radius 3 is 0.589 bits per heavy atom. The van der Waals surface area contributed by atoms with E-state index < -0.39 is 57.2 Å². The van der Waals surface area contributed by atoms with Gasteiger partial charge in [-0.2, -0.15) is 0 Å². The van der Waals surface area contributed by atoms with E-state index in [0.717, 1.165) is 0 Å². The molecule has 56 heavy (non-hydrogen) atoms. The smallest absolute Gasteiger partial charge is 0.235 e. The van der Waals surface area contributed by atoms with Crippen molar-refractivity contribution in [3.63, 3.8) is 0 Å². The molecule has 16 nitrogen and oxygen atoms in total. The summed E-state index contributed by atoms with van der Waals surface area (Å²) in [6.45, 7) is 0. The standard InChI is InChI=1S/C32H52Cl4N8O8S4/c33-53(45,46)13-1-5-17-21(9-13)29-37-25(17)41-30-22-10-14(54(34,47)48)2-6-18(22)27(38-30)43-32-24-12-16(56(36,51)52)4-8-20(24)28(40-32)44-31-23-11-15(55(35,49)50)3-7-19(23)26(39-31)42-29/h13-32,37-44H,1-12H2. The van der Waals surface area contributed by atoms with E-state index in [1.165, 1.54) is 0 Å². The SMILES string of the molecule is O=S(=O)(Cl)C1CCC2C3NC(NC4NC(NC5NC(NC6NC(N3)C3CC(S(=O)(=O)Cl)CCC63)C3CC(S(=O)(=O)Cl)CCC53)C3CC(S(=O)(=O)Cl)CCC43)C2C1. The second-order valence-corrected chi connectivity index (χ2v) is 29.7. The van der Waals surface area contributed by atoms with E-state index in [2.05, 4.69) is 42.5 Å². The van der Waals surface area contributed by atoms with Crippen LogP contribution < -0.4 is 42.5 Å². The van der Waals surface area contributed by atoms with Crippen LogP contribution in [0, 0.1) is 47.3 Å². The minimum Gasteiger partial charge on any atom is -0.286 e. The highest BCUT2D eigenvalue weighted by atomic mass is 35.7. The highest BCUT2D eigenvalue weighted by Crippen LogP contribution is 2.48. The average molecular weight is 947 g/mol. The lowest BCUT2D eigenvalue weighted by molar-refractivity contribution is 0.169. The Kier molecular flexibility index (Phi) is 11.4. The van der Waals surface area contributed by atoms with E-state index in [0.29, 0.717) is 77.0 Å². The third kappa shape index (κ3) is 7.95. The summed E-state index contributed by atoms with van der Waals surface area (Å²) < 4.78 is 101. The van der Waals surface area contributed by atoms with Gasteiger partial charge in [-0.3, -0.25) is 42.5 Å². The lowest BCUT2D eigenvalue weighted by atomic mass is 9.76. The fourth-order valence-electron chi connectivity index (χ4n) is 12.9. The van der Waals surface area contributed by atoms with Gasteiger partial charge in [0.25, 0.3) is 0 Å². The molecule has 9 fully saturated rings. The maximum atomic E-state index is 12.7. The summed E-state index contributed by atoms with van der Waals surface area (Å²) in [6, 6.07) is 0. The van der Waals surface area contributed by atoms with Crippen molar-refractivity contribution < 1.29 is 33.7 Å². The van der Waals surface area contributed by atoms with Crippen LogP contribution in [0.15, 0.2) is 0 Å². The predicted molar refractivity (Wildman–Crippen MR) is 213 cm³/mol. The Morgan fingerprint density at radius 1 is 0.268 bits per heavy atom. The van der Waals surface area contributed by atoms with E-state index in [4.69, 9.17) is 42.7 Å². The topological polar surface area (TPSA) is 233 Å². The fraction of sp³-hybridized carbons (Fsp3) is 1.00. The molecule has 0 amide bonds. The molecule has 12 unspecified atom stereocenters. The number of nitrogens with one attached hydrogen (secondary N) is 8. The molecule has 320 valence electrons. The van der Waals surface area contributed by atoms with Crippen molar-refractivity contribution in [3.05, 3.63) is 0 Å². The van der Waals surface area contributed by atoms with Gasteiger partial charge in [-0.15, -0.1) is 0 Å². The predicted octanol–water partition coefficient (Wildman–Crippen LogP) is 0.794. The van der Waals surface area contributed by atoms with Gasteiger partial charge in [0.1, 0.15) is 0 Å². The average Bonchev–Trinajstić information content (AvgIpc) is 3.84. The molecule has 24 heteroatoms. The summed E-state index contributed by atoms with van der Waals surface area (Å²) in [5, 5.41) is 27.7. The quantitative estimate of drug-likeness (QED) is 0.182. The Hall–Kier alpha value is 0.640. The Labute approximate surface area is 347 Å². The molecule has 8 bridgehead atoms. The Bertz CT molecular complexity index is 1710. The zero-order valence-electron chi connectivity index (χ0n) is 30.4. The van der Waals surface area contributed by atoms with Crippen LogP contribution in [0.4, 0.5) is 0 Å². The number of hydrogen-bond acceptors (Lipinski definition) is 16. The number of hydrogen-bond donors (Lipinski definition) is 8. The van der Waals surface area contributed by atoms with Crippen molar-refractivity contribution in [1.82, 2.24) is 42.5 Å². The molecule has 0 radical (unpaired) electrons. The van der Waals surface area contributed by atoms with Crippen LogP contribution >= 0.6 is 42.7 Å². The maximum Gasteiger partial charge on any atom is 0.235 e. The first-order valence-corrected chi connectivity index (χ1v) is 29.5. The van der Waals surface area contributed by atoms with Crippen LogP contribution in [-0.2, 0) is 36.2 Å². The molecule has 9 rings (SSSR count). The highest BCUT2D eigenvalue weighted by Gasteiger charge is 2.58. The van der Waals surface area contributed by atoms with Crippen molar-refractivity contribution in [2.75, 3.05) is 0 Å². The van der Waals surface area contributed by atoms with Gasteiger partial charge in [0.05, 0.1) is 70.3 Å². The number of rotatable bonds is 4. The van der Waals surface area contributed by atoms with Crippen LogP contribution in [0.25, 0.3) is 0 Å². The third-order valence-corrected chi connectivity index (χ3v) is 23.4. The molecule has 0 aromatic rings. The van der Waals surface area contributed by atoms with Gasteiger partial charge in [-0.25, -0.2) is 33.7 Å². The van der Waals surface area contributed by atoms with E-state index in [-0.39, 0.29) is 96.7 Å². The minimum atomic E-state index is -3.81. The van der Waals surface area contributed by atoms with E-state index in [1.807, 2.05) is 0 Å². The molecule has 4 aliphatic carbocycles. The van der Waals surface area contributed by atoms with Crippen LogP contribution in [0.5, 0.6) is 0 Å². The van der Waals surface area contributed by atoms with Crippen molar-refractivity contribution in [3.8, 4) is 0 Å². The molecule has 0 aromatic carbocycles. The molecule has 5 heterocycles. The first kappa shape index (κ1) is 42.0. The molecule has 5 saturated heterocycles. The van der Waals surface area contributed by atoms with Gasteiger partial charge in [0, 0.05) is 42.7 Å². The largest absolute Gasteiger partial charge is 0.286 e.